The van der Waals surface area contributed by atoms with Gasteiger partial charge in [0.15, 0.2) is 0 Å². The van der Waals surface area contributed by atoms with Gasteiger partial charge < -0.3 is 15.4 Å². The molecule has 118 valence electrons. The minimum Gasteiger partial charge on any atom is -0.464 e. The zero-order valence-electron chi connectivity index (χ0n) is 12.8. The first-order valence-electron chi connectivity index (χ1n) is 7.57. The summed E-state index contributed by atoms with van der Waals surface area (Å²) in [5.41, 5.74) is 0. The van der Waals surface area contributed by atoms with Gasteiger partial charge in [0.25, 0.3) is 0 Å². The topological polar surface area (TPSA) is 67.4 Å². The molecule has 0 aliphatic carbocycles. The van der Waals surface area contributed by atoms with E-state index in [1.165, 1.54) is 0 Å². The fourth-order valence-electron chi connectivity index (χ4n) is 2.46. The lowest BCUT2D eigenvalue weighted by Crippen LogP contribution is -2.53. The van der Waals surface area contributed by atoms with Gasteiger partial charge in [0.2, 0.25) is 5.91 Å². The summed E-state index contributed by atoms with van der Waals surface area (Å²) in [6.07, 6.45) is 6.83. The van der Waals surface area contributed by atoms with Crippen LogP contribution in [0.4, 0.5) is 0 Å². The lowest BCUT2D eigenvalue weighted by Gasteiger charge is -2.27. The number of carbonyl (C=O) groups excluding carboxylic acids is 2. The Balaban J connectivity index is 2.74. The molecule has 1 aliphatic rings. The Bertz CT molecular complexity index is 376. The normalized spacial score (nSPS) is 20.9. The first kappa shape index (κ1) is 17.4. The summed E-state index contributed by atoms with van der Waals surface area (Å²) in [5.74, 6) is -0.786. The zero-order chi connectivity index (χ0) is 15.7. The standard InChI is InChI=1S/C16H26N2O3/c1-4-9-12(5-2)14(16(20)21-6-3)18-15(19)13-10-7-8-11-17-13/h4-5,12-14,17H,1-2,6-11H2,3H3,(H,18,19)/t12-,13-,14+/m0/s1. The van der Waals surface area contributed by atoms with Gasteiger partial charge in [0, 0.05) is 5.92 Å². The number of amides is 1. The number of hydrogen-bond acceptors (Lipinski definition) is 4. The average Bonchev–Trinajstić information content (AvgIpc) is 2.51. The van der Waals surface area contributed by atoms with E-state index in [0.29, 0.717) is 6.42 Å². The number of ether oxygens (including phenoxy) is 1. The summed E-state index contributed by atoms with van der Waals surface area (Å²) in [7, 11) is 0. The van der Waals surface area contributed by atoms with Gasteiger partial charge in [0.1, 0.15) is 6.04 Å². The second-order valence-corrected chi connectivity index (χ2v) is 5.16. The molecule has 0 radical (unpaired) electrons. The van der Waals surface area contributed by atoms with Crippen molar-refractivity contribution < 1.29 is 14.3 Å². The van der Waals surface area contributed by atoms with Crippen LogP contribution in [0.3, 0.4) is 0 Å². The van der Waals surface area contributed by atoms with Gasteiger partial charge >= 0.3 is 5.97 Å². The monoisotopic (exact) mass is 294 g/mol. The molecule has 0 aromatic heterocycles. The van der Waals surface area contributed by atoms with Crippen molar-refractivity contribution in [2.45, 2.75) is 44.7 Å². The number of esters is 1. The van der Waals surface area contributed by atoms with Gasteiger partial charge in [-0.15, -0.1) is 13.2 Å². The molecule has 0 aromatic rings. The molecule has 1 saturated heterocycles. The Morgan fingerprint density at radius 1 is 1.43 bits per heavy atom. The minimum atomic E-state index is -0.711. The van der Waals surface area contributed by atoms with E-state index in [0.717, 1.165) is 25.8 Å². The second kappa shape index (κ2) is 9.34. The van der Waals surface area contributed by atoms with Gasteiger partial charge in [-0.05, 0) is 32.7 Å². The highest BCUT2D eigenvalue weighted by Crippen LogP contribution is 2.14. The van der Waals surface area contributed by atoms with E-state index in [4.69, 9.17) is 4.74 Å². The van der Waals surface area contributed by atoms with Crippen LogP contribution in [0.25, 0.3) is 0 Å². The SMILES string of the molecule is C=CC[C@H](C=C)[C@@H](NC(=O)[C@@H]1CCCCN1)C(=O)OCC. The van der Waals surface area contributed by atoms with E-state index in [1.807, 2.05) is 0 Å². The number of piperidine rings is 1. The van der Waals surface area contributed by atoms with Crippen LogP contribution < -0.4 is 10.6 Å². The largest absolute Gasteiger partial charge is 0.464 e. The molecule has 0 spiro atoms. The third-order valence-corrected chi connectivity index (χ3v) is 3.63. The second-order valence-electron chi connectivity index (χ2n) is 5.16. The molecule has 1 rings (SSSR count). The summed E-state index contributed by atoms with van der Waals surface area (Å²) in [5, 5.41) is 5.99. The van der Waals surface area contributed by atoms with Crippen LogP contribution in [-0.4, -0.2) is 37.1 Å². The van der Waals surface area contributed by atoms with E-state index in [2.05, 4.69) is 23.8 Å². The lowest BCUT2D eigenvalue weighted by atomic mass is 9.95. The molecule has 1 aliphatic heterocycles. The summed E-state index contributed by atoms with van der Waals surface area (Å²) < 4.78 is 5.07. The molecular weight excluding hydrogens is 268 g/mol. The maximum absolute atomic E-state index is 12.3. The number of rotatable bonds is 8. The van der Waals surface area contributed by atoms with Crippen LogP contribution in [0.15, 0.2) is 25.3 Å². The first-order chi connectivity index (χ1) is 10.1. The zero-order valence-corrected chi connectivity index (χ0v) is 12.8. The van der Waals surface area contributed by atoms with Crippen molar-refractivity contribution in [3.63, 3.8) is 0 Å². The van der Waals surface area contributed by atoms with E-state index in [9.17, 15) is 9.59 Å². The molecule has 5 heteroatoms. The highest BCUT2D eigenvalue weighted by molar-refractivity contribution is 5.88. The number of nitrogens with one attached hydrogen (secondary N) is 2. The first-order valence-corrected chi connectivity index (χ1v) is 7.57. The van der Waals surface area contributed by atoms with Crippen LogP contribution in [-0.2, 0) is 14.3 Å². The van der Waals surface area contributed by atoms with E-state index >= 15 is 0 Å². The number of carbonyl (C=O) groups is 2. The van der Waals surface area contributed by atoms with Crippen molar-refractivity contribution in [3.05, 3.63) is 25.3 Å². The van der Waals surface area contributed by atoms with Crippen molar-refractivity contribution >= 4 is 11.9 Å². The van der Waals surface area contributed by atoms with Crippen molar-refractivity contribution in [1.29, 1.82) is 0 Å². The summed E-state index contributed by atoms with van der Waals surface area (Å²) in [6, 6.07) is -0.943. The van der Waals surface area contributed by atoms with Crippen LogP contribution in [0.1, 0.15) is 32.6 Å². The average molecular weight is 294 g/mol. The molecule has 0 unspecified atom stereocenters. The Morgan fingerprint density at radius 3 is 2.71 bits per heavy atom. The number of hydrogen-bond donors (Lipinski definition) is 2. The quantitative estimate of drug-likeness (QED) is 0.526. The third kappa shape index (κ3) is 5.34. The van der Waals surface area contributed by atoms with Gasteiger partial charge in [-0.2, -0.15) is 0 Å². The maximum atomic E-state index is 12.3. The van der Waals surface area contributed by atoms with Crippen LogP contribution in [0.5, 0.6) is 0 Å². The Kier molecular flexibility index (Phi) is 7.75. The van der Waals surface area contributed by atoms with E-state index in [-0.39, 0.29) is 24.5 Å². The lowest BCUT2D eigenvalue weighted by molar-refractivity contribution is -0.148. The Hall–Kier alpha value is -1.62. The summed E-state index contributed by atoms with van der Waals surface area (Å²) in [6.45, 7) is 10.3. The molecule has 5 nitrogen and oxygen atoms in total. The predicted molar refractivity (Wildman–Crippen MR) is 82.7 cm³/mol. The van der Waals surface area contributed by atoms with Crippen molar-refractivity contribution in [3.8, 4) is 0 Å². The molecule has 0 saturated carbocycles. The highest BCUT2D eigenvalue weighted by atomic mass is 16.5. The van der Waals surface area contributed by atoms with Crippen LogP contribution in [0, 0.1) is 5.92 Å². The summed E-state index contributed by atoms with van der Waals surface area (Å²) >= 11 is 0. The highest BCUT2D eigenvalue weighted by Gasteiger charge is 2.31. The third-order valence-electron chi connectivity index (χ3n) is 3.63. The molecule has 0 bridgehead atoms. The van der Waals surface area contributed by atoms with Crippen molar-refractivity contribution in [1.82, 2.24) is 10.6 Å². The Labute approximate surface area is 126 Å². The molecule has 2 N–H and O–H groups in total. The molecule has 1 amide bonds. The van der Waals surface area contributed by atoms with Gasteiger partial charge in [-0.3, -0.25) is 4.79 Å². The fourth-order valence-corrected chi connectivity index (χ4v) is 2.46. The molecule has 1 fully saturated rings. The van der Waals surface area contributed by atoms with E-state index in [1.54, 1.807) is 19.1 Å². The van der Waals surface area contributed by atoms with Crippen molar-refractivity contribution in [2.75, 3.05) is 13.2 Å². The molecule has 0 aromatic carbocycles. The molecular formula is C16H26N2O3. The molecule has 3 atom stereocenters. The van der Waals surface area contributed by atoms with E-state index < -0.39 is 12.0 Å². The molecule has 21 heavy (non-hydrogen) atoms. The van der Waals surface area contributed by atoms with Crippen LogP contribution in [0.2, 0.25) is 0 Å². The van der Waals surface area contributed by atoms with Crippen molar-refractivity contribution in [2.24, 2.45) is 5.92 Å². The maximum Gasteiger partial charge on any atom is 0.329 e. The van der Waals surface area contributed by atoms with Gasteiger partial charge in [0.05, 0.1) is 12.6 Å². The Morgan fingerprint density at radius 2 is 2.19 bits per heavy atom. The number of allylic oxidation sites excluding steroid dienone is 1. The molecule has 1 heterocycles. The van der Waals surface area contributed by atoms with Gasteiger partial charge in [-0.25, -0.2) is 4.79 Å². The smallest absolute Gasteiger partial charge is 0.329 e. The van der Waals surface area contributed by atoms with Crippen LogP contribution >= 0.6 is 0 Å². The fraction of sp³-hybridized carbons (Fsp3) is 0.625. The minimum absolute atomic E-state index is 0.149. The summed E-state index contributed by atoms with van der Waals surface area (Å²) in [4.78, 5) is 24.4. The predicted octanol–water partition coefficient (Wildman–Crippen LogP) is 1.55. The van der Waals surface area contributed by atoms with Gasteiger partial charge in [-0.1, -0.05) is 18.6 Å².